The summed E-state index contributed by atoms with van der Waals surface area (Å²) in [5, 5.41) is 8.16. The first-order chi connectivity index (χ1) is 15.8. The third kappa shape index (κ3) is 9.25. The Hall–Kier alpha value is -3.36. The fourth-order valence-electron chi connectivity index (χ4n) is 2.99. The molecule has 0 aromatic carbocycles. The van der Waals surface area contributed by atoms with Gasteiger partial charge in [0.25, 0.3) is 5.91 Å². The minimum Gasteiger partial charge on any atom is -0.472 e. The highest BCUT2D eigenvalue weighted by Gasteiger charge is 2.35. The van der Waals surface area contributed by atoms with Crippen molar-refractivity contribution in [2.24, 2.45) is 11.3 Å². The smallest absolute Gasteiger partial charge is 0.333 e. The lowest BCUT2D eigenvalue weighted by Crippen LogP contribution is -2.56. The van der Waals surface area contributed by atoms with E-state index in [9.17, 15) is 19.2 Å². The molecule has 0 radical (unpaired) electrons. The lowest BCUT2D eigenvalue weighted by molar-refractivity contribution is -0.138. The van der Waals surface area contributed by atoms with Crippen LogP contribution in [0.25, 0.3) is 6.08 Å². The van der Waals surface area contributed by atoms with Crippen molar-refractivity contribution in [2.45, 2.75) is 67.5 Å². The number of nitrogens with one attached hydrogen (secondary N) is 3. The van der Waals surface area contributed by atoms with Gasteiger partial charge in [0.1, 0.15) is 11.7 Å². The van der Waals surface area contributed by atoms with Crippen molar-refractivity contribution in [2.75, 3.05) is 6.61 Å². The van der Waals surface area contributed by atoms with E-state index in [2.05, 4.69) is 16.0 Å². The van der Waals surface area contributed by atoms with Crippen LogP contribution in [-0.2, 0) is 23.9 Å². The van der Waals surface area contributed by atoms with Crippen LogP contribution in [0.1, 0.15) is 61.0 Å². The number of carbonyl (C=O) groups excluding carboxylic acids is 4. The standard InChI is InChI=1S/C25H37N3O6/c1-9-34-24(32)16(4)12-19(15(2)3)27-23(31)21(25(6,7)8)28-22(30)20(26-17(5)29)13-18-10-11-33-14-18/h10-15,19,21H,9H2,1-8H3,(H,26,29)(H,27,31)(H,28,30)/b16-12+,20-13-/t19-,21-/m1/s1. The third-order valence-corrected chi connectivity index (χ3v) is 4.87. The van der Waals surface area contributed by atoms with Gasteiger partial charge in [-0.1, -0.05) is 40.7 Å². The van der Waals surface area contributed by atoms with E-state index in [1.165, 1.54) is 25.5 Å². The van der Waals surface area contributed by atoms with E-state index < -0.39 is 41.2 Å². The summed E-state index contributed by atoms with van der Waals surface area (Å²) >= 11 is 0. The molecule has 0 aliphatic rings. The third-order valence-electron chi connectivity index (χ3n) is 4.87. The molecule has 0 saturated carbocycles. The summed E-state index contributed by atoms with van der Waals surface area (Å²) in [6, 6.07) is 0.239. The molecule has 1 aromatic heterocycles. The fraction of sp³-hybridized carbons (Fsp3) is 0.520. The number of rotatable bonds is 10. The zero-order valence-electron chi connectivity index (χ0n) is 21.3. The lowest BCUT2D eigenvalue weighted by Gasteiger charge is -2.32. The summed E-state index contributed by atoms with van der Waals surface area (Å²) in [6.45, 7) is 14.2. The average molecular weight is 476 g/mol. The van der Waals surface area contributed by atoms with E-state index in [0.717, 1.165) is 0 Å². The Balaban J connectivity index is 3.16. The predicted molar refractivity (Wildman–Crippen MR) is 129 cm³/mol. The van der Waals surface area contributed by atoms with Crippen molar-refractivity contribution >= 4 is 29.8 Å². The van der Waals surface area contributed by atoms with Crippen LogP contribution in [0.2, 0.25) is 0 Å². The van der Waals surface area contributed by atoms with Crippen LogP contribution in [0, 0.1) is 11.3 Å². The Labute approximate surface area is 201 Å². The van der Waals surface area contributed by atoms with Gasteiger partial charge in [0, 0.05) is 18.1 Å². The first-order valence-electron chi connectivity index (χ1n) is 11.2. The number of furan rings is 1. The van der Waals surface area contributed by atoms with Crippen LogP contribution >= 0.6 is 0 Å². The first-order valence-corrected chi connectivity index (χ1v) is 11.2. The second kappa shape index (κ2) is 12.8. The summed E-state index contributed by atoms with van der Waals surface area (Å²) in [7, 11) is 0. The Morgan fingerprint density at radius 1 is 1.12 bits per heavy atom. The molecule has 0 saturated heterocycles. The van der Waals surface area contributed by atoms with Gasteiger partial charge in [-0.15, -0.1) is 0 Å². The van der Waals surface area contributed by atoms with Crippen LogP contribution in [0.3, 0.4) is 0 Å². The molecule has 0 unspecified atom stereocenters. The molecule has 3 N–H and O–H groups in total. The van der Waals surface area contributed by atoms with Crippen LogP contribution in [-0.4, -0.2) is 42.4 Å². The molecule has 0 spiro atoms. The maximum Gasteiger partial charge on any atom is 0.333 e. The van der Waals surface area contributed by atoms with Crippen LogP contribution in [0.15, 0.2) is 40.4 Å². The van der Waals surface area contributed by atoms with Gasteiger partial charge in [0.05, 0.1) is 25.2 Å². The molecular weight excluding hydrogens is 438 g/mol. The molecule has 2 atom stereocenters. The maximum absolute atomic E-state index is 13.3. The van der Waals surface area contributed by atoms with Gasteiger partial charge in [-0.05, 0) is 37.3 Å². The molecule has 0 fully saturated rings. The molecule has 9 nitrogen and oxygen atoms in total. The highest BCUT2D eigenvalue weighted by molar-refractivity contribution is 6.03. The van der Waals surface area contributed by atoms with E-state index >= 15 is 0 Å². The van der Waals surface area contributed by atoms with E-state index in [1.54, 1.807) is 26.0 Å². The van der Waals surface area contributed by atoms with Gasteiger partial charge in [-0.25, -0.2) is 4.79 Å². The first kappa shape index (κ1) is 28.7. The number of amides is 3. The monoisotopic (exact) mass is 475 g/mol. The van der Waals surface area contributed by atoms with Crippen molar-refractivity contribution in [1.82, 2.24) is 16.0 Å². The molecule has 188 valence electrons. The molecule has 0 aliphatic carbocycles. The van der Waals surface area contributed by atoms with E-state index in [-0.39, 0.29) is 18.2 Å². The Morgan fingerprint density at radius 2 is 1.76 bits per heavy atom. The second-order valence-electron chi connectivity index (χ2n) is 9.42. The van der Waals surface area contributed by atoms with Gasteiger partial charge in [-0.3, -0.25) is 14.4 Å². The highest BCUT2D eigenvalue weighted by Crippen LogP contribution is 2.21. The van der Waals surface area contributed by atoms with Crippen molar-refractivity contribution in [3.63, 3.8) is 0 Å². The summed E-state index contributed by atoms with van der Waals surface area (Å²) in [4.78, 5) is 50.0. The quantitative estimate of drug-likeness (QED) is 0.353. The topological polar surface area (TPSA) is 127 Å². The number of ether oxygens (including phenoxy) is 1. The van der Waals surface area contributed by atoms with Crippen LogP contribution < -0.4 is 16.0 Å². The van der Waals surface area contributed by atoms with Gasteiger partial charge in [0.15, 0.2) is 0 Å². The van der Waals surface area contributed by atoms with E-state index in [0.29, 0.717) is 11.1 Å². The van der Waals surface area contributed by atoms with Crippen molar-refractivity contribution in [3.05, 3.63) is 41.5 Å². The van der Waals surface area contributed by atoms with Gasteiger partial charge < -0.3 is 25.1 Å². The Morgan fingerprint density at radius 3 is 2.24 bits per heavy atom. The molecule has 9 heteroatoms. The van der Waals surface area contributed by atoms with E-state index in [1.807, 2.05) is 34.6 Å². The zero-order chi connectivity index (χ0) is 26.1. The molecule has 0 bridgehead atoms. The number of hydrogen-bond acceptors (Lipinski definition) is 6. The molecule has 0 aliphatic heterocycles. The molecular formula is C25H37N3O6. The van der Waals surface area contributed by atoms with Crippen LogP contribution in [0.4, 0.5) is 0 Å². The predicted octanol–water partition coefficient (Wildman–Crippen LogP) is 2.94. The summed E-state index contributed by atoms with van der Waals surface area (Å²) in [5.74, 6) is -1.95. The van der Waals surface area contributed by atoms with E-state index in [4.69, 9.17) is 9.15 Å². The van der Waals surface area contributed by atoms with Gasteiger partial charge >= 0.3 is 5.97 Å². The van der Waals surface area contributed by atoms with Crippen molar-refractivity contribution < 1.29 is 28.3 Å². The minimum absolute atomic E-state index is 0.0191. The normalized spacial score (nSPS) is 14.3. The summed E-state index contributed by atoms with van der Waals surface area (Å²) in [5.41, 5.74) is 0.288. The Bertz CT molecular complexity index is 923. The Kier molecular flexibility index (Phi) is 10.8. The minimum atomic E-state index is -0.931. The number of esters is 1. The van der Waals surface area contributed by atoms with Gasteiger partial charge in [0.2, 0.25) is 11.8 Å². The van der Waals surface area contributed by atoms with Crippen molar-refractivity contribution in [1.29, 1.82) is 0 Å². The van der Waals surface area contributed by atoms with Crippen molar-refractivity contribution in [3.8, 4) is 0 Å². The molecule has 3 amide bonds. The largest absolute Gasteiger partial charge is 0.472 e. The fourth-order valence-corrected chi connectivity index (χ4v) is 2.99. The zero-order valence-corrected chi connectivity index (χ0v) is 21.3. The SMILES string of the molecule is CCOC(=O)/C(C)=C/[C@@H](NC(=O)[C@@H](NC(=O)/C(=C/c1ccoc1)NC(C)=O)C(C)(C)C)C(C)C. The number of hydrogen-bond donors (Lipinski definition) is 3. The summed E-state index contributed by atoms with van der Waals surface area (Å²) < 4.78 is 10.0. The van der Waals surface area contributed by atoms with Gasteiger partial charge in [-0.2, -0.15) is 0 Å². The summed E-state index contributed by atoms with van der Waals surface area (Å²) in [6.07, 6.45) is 5.98. The lowest BCUT2D eigenvalue weighted by atomic mass is 9.85. The maximum atomic E-state index is 13.3. The average Bonchev–Trinajstić information content (AvgIpc) is 3.22. The van der Waals surface area contributed by atoms with Crippen LogP contribution in [0.5, 0.6) is 0 Å². The second-order valence-corrected chi connectivity index (χ2v) is 9.42. The molecule has 1 rings (SSSR count). The highest BCUT2D eigenvalue weighted by atomic mass is 16.5. The number of carbonyl (C=O) groups is 4. The molecule has 34 heavy (non-hydrogen) atoms. The molecule has 1 heterocycles. The molecule has 1 aromatic rings.